The lowest BCUT2D eigenvalue weighted by atomic mass is 10.1. The first-order valence-corrected chi connectivity index (χ1v) is 6.36. The van der Waals surface area contributed by atoms with Gasteiger partial charge in [-0.05, 0) is 18.6 Å². The summed E-state index contributed by atoms with van der Waals surface area (Å²) in [6.45, 7) is 2.10. The summed E-state index contributed by atoms with van der Waals surface area (Å²) in [5.74, 6) is 1.78. The maximum absolute atomic E-state index is 6.03. The first-order valence-electron chi connectivity index (χ1n) is 6.36. The highest BCUT2D eigenvalue weighted by Crippen LogP contribution is 2.26. The first kappa shape index (κ1) is 11.7. The highest BCUT2D eigenvalue weighted by molar-refractivity contribution is 5.60. The van der Waals surface area contributed by atoms with Gasteiger partial charge in [-0.3, -0.25) is 0 Å². The minimum Gasteiger partial charge on any atom is -0.398 e. The van der Waals surface area contributed by atoms with E-state index in [0.717, 1.165) is 22.8 Å². The highest BCUT2D eigenvalue weighted by atomic mass is 16.4. The Kier molecular flexibility index (Phi) is 2.92. The standard InChI is InChI=1S/C17H16NO/c1-13-8-6-7-11-15(13)17-18(2)12-16(19-17)14-9-4-3-5-10-14/h3-12H,1-2H3/q+1. The first-order chi connectivity index (χ1) is 9.25. The number of aromatic nitrogens is 1. The minimum absolute atomic E-state index is 0.886. The van der Waals surface area contributed by atoms with Gasteiger partial charge < -0.3 is 4.42 Å². The SMILES string of the molecule is Cc1ccccc1-c1oc(-c2ccccc2)c[n+]1C. The second kappa shape index (κ2) is 4.73. The monoisotopic (exact) mass is 250 g/mol. The van der Waals surface area contributed by atoms with Gasteiger partial charge >= 0.3 is 5.89 Å². The van der Waals surface area contributed by atoms with Crippen molar-refractivity contribution in [1.29, 1.82) is 0 Å². The van der Waals surface area contributed by atoms with Crippen LogP contribution in [0.25, 0.3) is 22.8 Å². The van der Waals surface area contributed by atoms with Crippen LogP contribution in [0.5, 0.6) is 0 Å². The van der Waals surface area contributed by atoms with Crippen LogP contribution in [-0.2, 0) is 7.05 Å². The summed E-state index contributed by atoms with van der Waals surface area (Å²) in [7, 11) is 2.01. The Hall–Kier alpha value is -2.35. The van der Waals surface area contributed by atoms with Gasteiger partial charge in [-0.1, -0.05) is 48.5 Å². The highest BCUT2D eigenvalue weighted by Gasteiger charge is 2.20. The van der Waals surface area contributed by atoms with E-state index < -0.39 is 0 Å². The van der Waals surface area contributed by atoms with Crippen LogP contribution >= 0.6 is 0 Å². The molecule has 0 atom stereocenters. The zero-order valence-electron chi connectivity index (χ0n) is 11.1. The summed E-state index contributed by atoms with van der Waals surface area (Å²) >= 11 is 0. The lowest BCUT2D eigenvalue weighted by molar-refractivity contribution is -0.662. The molecule has 1 heterocycles. The molecule has 0 aliphatic carbocycles. The number of hydrogen-bond donors (Lipinski definition) is 0. The van der Waals surface area contributed by atoms with E-state index in [2.05, 4.69) is 31.2 Å². The molecule has 94 valence electrons. The molecule has 1 aromatic heterocycles. The smallest absolute Gasteiger partial charge is 0.381 e. The molecule has 2 aromatic carbocycles. The number of benzene rings is 2. The van der Waals surface area contributed by atoms with E-state index >= 15 is 0 Å². The van der Waals surface area contributed by atoms with Crippen molar-refractivity contribution >= 4 is 0 Å². The summed E-state index contributed by atoms with van der Waals surface area (Å²) in [6.07, 6.45) is 2.02. The topological polar surface area (TPSA) is 17.0 Å². The maximum Gasteiger partial charge on any atom is 0.381 e. The predicted octanol–water partition coefficient (Wildman–Crippen LogP) is 3.75. The molecule has 0 aliphatic heterocycles. The van der Waals surface area contributed by atoms with Crippen molar-refractivity contribution in [1.82, 2.24) is 0 Å². The van der Waals surface area contributed by atoms with Crippen molar-refractivity contribution in [3.63, 3.8) is 0 Å². The fourth-order valence-electron chi connectivity index (χ4n) is 2.23. The molecule has 0 saturated heterocycles. The molecule has 0 N–H and O–H groups in total. The Morgan fingerprint density at radius 1 is 0.895 bits per heavy atom. The van der Waals surface area contributed by atoms with E-state index in [1.165, 1.54) is 5.56 Å². The molecule has 2 heteroatoms. The van der Waals surface area contributed by atoms with Gasteiger partial charge in [0.1, 0.15) is 7.05 Å². The normalized spacial score (nSPS) is 10.6. The lowest BCUT2D eigenvalue weighted by Crippen LogP contribution is -2.27. The number of rotatable bonds is 2. The van der Waals surface area contributed by atoms with Gasteiger partial charge in [-0.15, -0.1) is 0 Å². The van der Waals surface area contributed by atoms with Crippen LogP contribution in [0.15, 0.2) is 65.2 Å². The van der Waals surface area contributed by atoms with E-state index in [1.807, 2.05) is 48.1 Å². The fraction of sp³-hybridized carbons (Fsp3) is 0.118. The molecular weight excluding hydrogens is 234 g/mol. The molecule has 0 unspecified atom stereocenters. The van der Waals surface area contributed by atoms with Gasteiger partial charge in [0.2, 0.25) is 12.0 Å². The van der Waals surface area contributed by atoms with Crippen molar-refractivity contribution in [3.05, 3.63) is 66.4 Å². The molecule has 0 bridgehead atoms. The molecule has 19 heavy (non-hydrogen) atoms. The van der Waals surface area contributed by atoms with Crippen LogP contribution in [0.1, 0.15) is 5.56 Å². The zero-order valence-corrected chi connectivity index (χ0v) is 11.1. The summed E-state index contributed by atoms with van der Waals surface area (Å²) in [6, 6.07) is 18.4. The second-order valence-corrected chi connectivity index (χ2v) is 4.69. The fourth-order valence-corrected chi connectivity index (χ4v) is 2.23. The third-order valence-electron chi connectivity index (χ3n) is 3.27. The van der Waals surface area contributed by atoms with Crippen LogP contribution in [0.3, 0.4) is 0 Å². The van der Waals surface area contributed by atoms with Crippen molar-refractivity contribution < 1.29 is 8.98 Å². The Morgan fingerprint density at radius 2 is 1.58 bits per heavy atom. The average molecular weight is 250 g/mol. The van der Waals surface area contributed by atoms with Crippen molar-refractivity contribution in [2.45, 2.75) is 6.92 Å². The molecule has 0 spiro atoms. The molecule has 3 aromatic rings. The van der Waals surface area contributed by atoms with Crippen molar-refractivity contribution in [2.75, 3.05) is 0 Å². The molecule has 3 rings (SSSR count). The second-order valence-electron chi connectivity index (χ2n) is 4.69. The van der Waals surface area contributed by atoms with Crippen molar-refractivity contribution in [2.24, 2.45) is 7.05 Å². The van der Waals surface area contributed by atoms with Gasteiger partial charge in [-0.25, -0.2) is 0 Å². The Balaban J connectivity index is 2.11. The largest absolute Gasteiger partial charge is 0.398 e. The number of hydrogen-bond acceptors (Lipinski definition) is 1. The van der Waals surface area contributed by atoms with Gasteiger partial charge in [0.15, 0.2) is 0 Å². The van der Waals surface area contributed by atoms with E-state index in [0.29, 0.717) is 0 Å². The van der Waals surface area contributed by atoms with E-state index in [-0.39, 0.29) is 0 Å². The predicted molar refractivity (Wildman–Crippen MR) is 75.5 cm³/mol. The Bertz CT molecular complexity index is 698. The van der Waals surface area contributed by atoms with Gasteiger partial charge in [-0.2, -0.15) is 4.57 Å². The minimum atomic E-state index is 0.886. The Labute approximate surface area is 112 Å². The quantitative estimate of drug-likeness (QED) is 0.633. The van der Waals surface area contributed by atoms with Gasteiger partial charge in [0, 0.05) is 5.56 Å². The van der Waals surface area contributed by atoms with Crippen LogP contribution in [0.2, 0.25) is 0 Å². The zero-order chi connectivity index (χ0) is 13.2. The van der Waals surface area contributed by atoms with Crippen LogP contribution in [-0.4, -0.2) is 0 Å². The van der Waals surface area contributed by atoms with E-state index in [1.54, 1.807) is 0 Å². The summed E-state index contributed by atoms with van der Waals surface area (Å²) in [4.78, 5) is 0. The van der Waals surface area contributed by atoms with Crippen LogP contribution in [0, 0.1) is 6.92 Å². The lowest BCUT2D eigenvalue weighted by Gasteiger charge is -1.97. The summed E-state index contributed by atoms with van der Waals surface area (Å²) < 4.78 is 8.06. The molecule has 2 nitrogen and oxygen atoms in total. The molecule has 0 aliphatic rings. The van der Waals surface area contributed by atoms with E-state index in [9.17, 15) is 0 Å². The Morgan fingerprint density at radius 3 is 2.32 bits per heavy atom. The van der Waals surface area contributed by atoms with Gasteiger partial charge in [0.25, 0.3) is 0 Å². The molecule has 0 amide bonds. The van der Waals surface area contributed by atoms with Gasteiger partial charge in [0.05, 0.1) is 5.56 Å². The number of aryl methyl sites for hydroxylation is 2. The third-order valence-corrected chi connectivity index (χ3v) is 3.27. The van der Waals surface area contributed by atoms with E-state index in [4.69, 9.17) is 4.42 Å². The van der Waals surface area contributed by atoms with Crippen LogP contribution < -0.4 is 4.57 Å². The average Bonchev–Trinajstić information content (AvgIpc) is 2.82. The summed E-state index contributed by atoms with van der Waals surface area (Å²) in [5, 5.41) is 0. The number of nitrogens with zero attached hydrogens (tertiary/aromatic N) is 1. The maximum atomic E-state index is 6.03. The van der Waals surface area contributed by atoms with Crippen LogP contribution in [0.4, 0.5) is 0 Å². The van der Waals surface area contributed by atoms with Crippen molar-refractivity contribution in [3.8, 4) is 22.8 Å². The molecule has 0 fully saturated rings. The molecule has 0 saturated carbocycles. The third kappa shape index (κ3) is 2.17. The summed E-state index contributed by atoms with van der Waals surface area (Å²) in [5.41, 5.74) is 3.44. The molecule has 0 radical (unpaired) electrons. The number of oxazole rings is 1. The molecular formula is C17H16NO+.